The van der Waals surface area contributed by atoms with E-state index in [1.165, 1.54) is 0 Å². The Bertz CT molecular complexity index is 400. The van der Waals surface area contributed by atoms with Gasteiger partial charge in [-0.1, -0.05) is 6.07 Å². The Hall–Kier alpha value is -0.910. The van der Waals surface area contributed by atoms with Gasteiger partial charge in [0.15, 0.2) is 0 Å². The van der Waals surface area contributed by atoms with Crippen LogP contribution in [0.1, 0.15) is 0 Å². The number of fused-ring (bicyclic) bond motifs is 1. The summed E-state index contributed by atoms with van der Waals surface area (Å²) in [6.45, 7) is 0. The minimum Gasteiger partial charge on any atom is -0.495 e. The van der Waals surface area contributed by atoms with Crippen LogP contribution in [0.4, 0.5) is 5.69 Å². The summed E-state index contributed by atoms with van der Waals surface area (Å²) in [5, 5.41) is 2.78. The van der Waals surface area contributed by atoms with Crippen molar-refractivity contribution >= 4 is 35.8 Å². The van der Waals surface area contributed by atoms with Gasteiger partial charge < -0.3 is 15.8 Å². The number of carbonyl (C=O) groups is 1. The van der Waals surface area contributed by atoms with Crippen molar-refractivity contribution in [3.63, 3.8) is 0 Å². The largest absolute Gasteiger partial charge is 0.495 e. The van der Waals surface area contributed by atoms with E-state index in [4.69, 9.17) is 10.5 Å². The fourth-order valence-corrected chi connectivity index (χ4v) is 2.38. The van der Waals surface area contributed by atoms with Crippen LogP contribution < -0.4 is 15.8 Å². The number of hydrogen-bond acceptors (Lipinski definition) is 4. The molecule has 4 nitrogen and oxygen atoms in total. The molecule has 0 unspecified atom stereocenters. The number of thioether (sulfide) groups is 1. The van der Waals surface area contributed by atoms with Gasteiger partial charge in [0.2, 0.25) is 5.91 Å². The van der Waals surface area contributed by atoms with Crippen LogP contribution in [-0.4, -0.2) is 24.8 Å². The van der Waals surface area contributed by atoms with E-state index in [0.29, 0.717) is 11.5 Å². The standard InChI is InChI=1S/C10H12N2O2S.ClH/c1-14-7-3-2-4-8-9(7)12-10(13)6(11)5-15-8;/h2-4,6H,5,11H2,1H3,(H,12,13);1H/t6-;/m0./s1. The lowest BCUT2D eigenvalue weighted by Gasteiger charge is -2.11. The van der Waals surface area contributed by atoms with E-state index in [-0.39, 0.29) is 18.3 Å². The van der Waals surface area contributed by atoms with Crippen LogP contribution >= 0.6 is 24.2 Å². The molecule has 0 spiro atoms. The summed E-state index contributed by atoms with van der Waals surface area (Å²) in [5.41, 5.74) is 6.40. The third-order valence-electron chi connectivity index (χ3n) is 2.21. The van der Waals surface area contributed by atoms with E-state index in [0.717, 1.165) is 10.6 Å². The first kappa shape index (κ1) is 13.2. The summed E-state index contributed by atoms with van der Waals surface area (Å²) < 4.78 is 5.18. The summed E-state index contributed by atoms with van der Waals surface area (Å²) in [6, 6.07) is 5.19. The van der Waals surface area contributed by atoms with Gasteiger partial charge >= 0.3 is 0 Å². The summed E-state index contributed by atoms with van der Waals surface area (Å²) in [6.07, 6.45) is 0. The molecule has 0 radical (unpaired) electrons. The Morgan fingerprint density at radius 2 is 2.31 bits per heavy atom. The zero-order chi connectivity index (χ0) is 10.8. The van der Waals surface area contributed by atoms with Crippen molar-refractivity contribution in [2.24, 2.45) is 5.73 Å². The number of para-hydroxylation sites is 1. The van der Waals surface area contributed by atoms with Crippen molar-refractivity contribution in [3.8, 4) is 5.75 Å². The van der Waals surface area contributed by atoms with Crippen molar-refractivity contribution < 1.29 is 9.53 Å². The molecule has 1 heterocycles. The highest BCUT2D eigenvalue weighted by Crippen LogP contribution is 2.37. The molecule has 1 aromatic carbocycles. The fraction of sp³-hybridized carbons (Fsp3) is 0.300. The molecular weight excluding hydrogens is 248 g/mol. The number of halogens is 1. The average molecular weight is 261 g/mol. The maximum absolute atomic E-state index is 11.5. The second-order valence-electron chi connectivity index (χ2n) is 3.24. The smallest absolute Gasteiger partial charge is 0.242 e. The Morgan fingerprint density at radius 3 is 3.00 bits per heavy atom. The summed E-state index contributed by atoms with van der Waals surface area (Å²) in [7, 11) is 1.58. The molecule has 1 aromatic rings. The van der Waals surface area contributed by atoms with Gasteiger partial charge in [-0.2, -0.15) is 0 Å². The first-order chi connectivity index (χ1) is 7.22. The summed E-state index contributed by atoms with van der Waals surface area (Å²) in [4.78, 5) is 12.5. The van der Waals surface area contributed by atoms with E-state index < -0.39 is 6.04 Å². The molecule has 0 bridgehead atoms. The Balaban J connectivity index is 0.00000128. The van der Waals surface area contributed by atoms with Crippen molar-refractivity contribution in [3.05, 3.63) is 18.2 Å². The molecule has 3 N–H and O–H groups in total. The van der Waals surface area contributed by atoms with Gasteiger partial charge in [0.05, 0.1) is 18.8 Å². The van der Waals surface area contributed by atoms with Gasteiger partial charge in [-0.25, -0.2) is 0 Å². The maximum Gasteiger partial charge on any atom is 0.242 e. The zero-order valence-electron chi connectivity index (χ0n) is 8.73. The molecule has 1 atom stereocenters. The predicted molar refractivity (Wildman–Crippen MR) is 67.6 cm³/mol. The number of nitrogens with one attached hydrogen (secondary N) is 1. The van der Waals surface area contributed by atoms with Crippen LogP contribution in [0.2, 0.25) is 0 Å². The second kappa shape index (κ2) is 5.43. The predicted octanol–water partition coefficient (Wildman–Crippen LogP) is 1.49. The molecule has 1 amide bonds. The number of amides is 1. The first-order valence-corrected chi connectivity index (χ1v) is 5.57. The molecular formula is C10H13ClN2O2S. The summed E-state index contributed by atoms with van der Waals surface area (Å²) >= 11 is 1.56. The van der Waals surface area contributed by atoms with Crippen LogP contribution in [-0.2, 0) is 4.79 Å². The molecule has 1 aliphatic heterocycles. The minimum atomic E-state index is -0.466. The normalized spacial score (nSPS) is 18.9. The van der Waals surface area contributed by atoms with Crippen LogP contribution in [0.15, 0.2) is 23.1 Å². The average Bonchev–Trinajstić information content (AvgIpc) is 2.39. The van der Waals surface area contributed by atoms with Crippen LogP contribution in [0.5, 0.6) is 5.75 Å². The van der Waals surface area contributed by atoms with E-state index in [1.807, 2.05) is 18.2 Å². The van der Waals surface area contributed by atoms with Crippen molar-refractivity contribution in [2.45, 2.75) is 10.9 Å². The number of rotatable bonds is 1. The summed E-state index contributed by atoms with van der Waals surface area (Å²) in [5.74, 6) is 1.10. The quantitative estimate of drug-likeness (QED) is 0.803. The Labute approximate surface area is 104 Å². The Kier molecular flexibility index (Phi) is 4.46. The SMILES string of the molecule is COc1cccc2c1NC(=O)[C@@H](N)CS2.Cl. The fourth-order valence-electron chi connectivity index (χ4n) is 1.40. The number of hydrogen-bond donors (Lipinski definition) is 2. The van der Waals surface area contributed by atoms with Crippen molar-refractivity contribution in [2.75, 3.05) is 18.2 Å². The highest BCUT2D eigenvalue weighted by Gasteiger charge is 2.22. The second-order valence-corrected chi connectivity index (χ2v) is 4.30. The van der Waals surface area contributed by atoms with Crippen molar-refractivity contribution in [1.82, 2.24) is 0 Å². The number of benzene rings is 1. The lowest BCUT2D eigenvalue weighted by Crippen LogP contribution is -2.36. The molecule has 0 fully saturated rings. The third kappa shape index (κ3) is 2.42. The highest BCUT2D eigenvalue weighted by molar-refractivity contribution is 7.99. The van der Waals surface area contributed by atoms with E-state index in [2.05, 4.69) is 5.32 Å². The molecule has 0 saturated heterocycles. The minimum absolute atomic E-state index is 0. The third-order valence-corrected chi connectivity index (χ3v) is 3.39. The number of anilines is 1. The number of nitrogens with two attached hydrogens (primary N) is 1. The van der Waals surface area contributed by atoms with E-state index in [9.17, 15) is 4.79 Å². The van der Waals surface area contributed by atoms with Crippen LogP contribution in [0.3, 0.4) is 0 Å². The monoisotopic (exact) mass is 260 g/mol. The van der Waals surface area contributed by atoms with Gasteiger partial charge in [0.25, 0.3) is 0 Å². The van der Waals surface area contributed by atoms with Crippen LogP contribution in [0.25, 0.3) is 0 Å². The molecule has 6 heteroatoms. The number of ether oxygens (including phenoxy) is 1. The zero-order valence-corrected chi connectivity index (χ0v) is 10.4. The maximum atomic E-state index is 11.5. The molecule has 2 rings (SSSR count). The number of methoxy groups -OCH3 is 1. The van der Waals surface area contributed by atoms with Gasteiger partial charge in [0, 0.05) is 10.6 Å². The van der Waals surface area contributed by atoms with Crippen molar-refractivity contribution in [1.29, 1.82) is 0 Å². The molecule has 0 aromatic heterocycles. The highest BCUT2D eigenvalue weighted by atomic mass is 35.5. The molecule has 0 saturated carbocycles. The first-order valence-electron chi connectivity index (χ1n) is 4.58. The van der Waals surface area contributed by atoms with Gasteiger partial charge in [0.1, 0.15) is 5.75 Å². The van der Waals surface area contributed by atoms with E-state index in [1.54, 1.807) is 18.9 Å². The molecule has 0 aliphatic carbocycles. The topological polar surface area (TPSA) is 64.3 Å². The molecule has 88 valence electrons. The number of carbonyl (C=O) groups excluding carboxylic acids is 1. The van der Waals surface area contributed by atoms with Gasteiger partial charge in [-0.15, -0.1) is 24.2 Å². The van der Waals surface area contributed by atoms with E-state index >= 15 is 0 Å². The molecule has 1 aliphatic rings. The lowest BCUT2D eigenvalue weighted by molar-refractivity contribution is -0.116. The van der Waals surface area contributed by atoms with Crippen LogP contribution in [0, 0.1) is 0 Å². The Morgan fingerprint density at radius 1 is 1.56 bits per heavy atom. The molecule has 16 heavy (non-hydrogen) atoms. The lowest BCUT2D eigenvalue weighted by atomic mass is 10.2. The van der Waals surface area contributed by atoms with Gasteiger partial charge in [-0.3, -0.25) is 4.79 Å². The van der Waals surface area contributed by atoms with Gasteiger partial charge in [-0.05, 0) is 12.1 Å².